The van der Waals surface area contributed by atoms with E-state index in [1.54, 1.807) is 0 Å². The second-order valence-electron chi connectivity index (χ2n) is 4.34. The summed E-state index contributed by atoms with van der Waals surface area (Å²) in [5.41, 5.74) is 0.118. The van der Waals surface area contributed by atoms with Gasteiger partial charge in [-0.1, -0.05) is 0 Å². The van der Waals surface area contributed by atoms with Crippen molar-refractivity contribution in [3.8, 4) is 0 Å². The first kappa shape index (κ1) is 13.8. The maximum atomic E-state index is 12.9. The molecule has 0 bridgehead atoms. The van der Waals surface area contributed by atoms with Gasteiger partial charge in [-0.05, 0) is 45.6 Å². The van der Waals surface area contributed by atoms with E-state index >= 15 is 0 Å². The summed E-state index contributed by atoms with van der Waals surface area (Å²) < 4.78 is 25.8. The van der Waals surface area contributed by atoms with Gasteiger partial charge in [0.15, 0.2) is 5.78 Å². The number of carbonyl (C=O) groups excluding carboxylic acids is 1. The molecule has 0 saturated carbocycles. The molecule has 1 aromatic rings. The van der Waals surface area contributed by atoms with Gasteiger partial charge in [-0.15, -0.1) is 0 Å². The summed E-state index contributed by atoms with van der Waals surface area (Å²) in [7, 11) is 3.92. The maximum absolute atomic E-state index is 12.9. The average molecular weight is 241 g/mol. The number of halogens is 2. The Labute approximate surface area is 100 Å². The molecule has 0 fully saturated rings. The lowest BCUT2D eigenvalue weighted by molar-refractivity contribution is 0.0977. The molecule has 2 nitrogen and oxygen atoms in total. The van der Waals surface area contributed by atoms with Crippen LogP contribution in [0.4, 0.5) is 8.78 Å². The van der Waals surface area contributed by atoms with Gasteiger partial charge < -0.3 is 4.90 Å². The molecule has 1 aromatic carbocycles. The van der Waals surface area contributed by atoms with E-state index in [-0.39, 0.29) is 11.3 Å². The van der Waals surface area contributed by atoms with Crippen molar-refractivity contribution in [3.63, 3.8) is 0 Å². The number of hydrogen-bond acceptors (Lipinski definition) is 2. The van der Waals surface area contributed by atoms with Gasteiger partial charge in [0, 0.05) is 18.1 Å². The fourth-order valence-corrected chi connectivity index (χ4v) is 1.57. The van der Waals surface area contributed by atoms with Crippen LogP contribution >= 0.6 is 0 Å². The summed E-state index contributed by atoms with van der Waals surface area (Å²) in [6.07, 6.45) is 1.96. The van der Waals surface area contributed by atoms with E-state index in [9.17, 15) is 13.6 Å². The van der Waals surface area contributed by atoms with Crippen molar-refractivity contribution in [3.05, 3.63) is 35.4 Å². The number of nitrogens with zero attached hydrogens (tertiary/aromatic N) is 1. The van der Waals surface area contributed by atoms with Crippen molar-refractivity contribution in [1.29, 1.82) is 0 Å². The van der Waals surface area contributed by atoms with Crippen molar-refractivity contribution in [2.24, 2.45) is 0 Å². The van der Waals surface area contributed by atoms with Gasteiger partial charge in [0.05, 0.1) is 0 Å². The number of carbonyl (C=O) groups is 1. The second-order valence-corrected chi connectivity index (χ2v) is 4.34. The molecule has 0 aromatic heterocycles. The lowest BCUT2D eigenvalue weighted by Crippen LogP contribution is -2.13. The largest absolute Gasteiger partial charge is 0.309 e. The Morgan fingerprint density at radius 2 is 1.71 bits per heavy atom. The highest BCUT2D eigenvalue weighted by atomic mass is 19.1. The maximum Gasteiger partial charge on any atom is 0.163 e. The van der Waals surface area contributed by atoms with Crippen LogP contribution in [0.5, 0.6) is 0 Å². The SMILES string of the molecule is CN(C)CCCCC(=O)c1cc(F)cc(F)c1. The molecular formula is C13H17F2NO. The molecule has 0 amide bonds. The Kier molecular flexibility index (Phi) is 5.22. The topological polar surface area (TPSA) is 20.3 Å². The molecule has 0 radical (unpaired) electrons. The van der Waals surface area contributed by atoms with Crippen molar-refractivity contribution >= 4 is 5.78 Å². The van der Waals surface area contributed by atoms with E-state index in [0.29, 0.717) is 6.42 Å². The van der Waals surface area contributed by atoms with E-state index in [2.05, 4.69) is 0 Å². The van der Waals surface area contributed by atoms with Gasteiger partial charge in [-0.25, -0.2) is 8.78 Å². The predicted octanol–water partition coefficient (Wildman–Crippen LogP) is 2.88. The summed E-state index contributed by atoms with van der Waals surface area (Å²) in [4.78, 5) is 13.7. The minimum atomic E-state index is -0.707. The Morgan fingerprint density at radius 1 is 1.12 bits per heavy atom. The van der Waals surface area contributed by atoms with Crippen LogP contribution in [0.25, 0.3) is 0 Å². The van der Waals surface area contributed by atoms with Gasteiger partial charge >= 0.3 is 0 Å². The van der Waals surface area contributed by atoms with Crippen LogP contribution < -0.4 is 0 Å². The zero-order valence-corrected chi connectivity index (χ0v) is 10.2. The Morgan fingerprint density at radius 3 is 2.24 bits per heavy atom. The van der Waals surface area contributed by atoms with Gasteiger partial charge in [-0.2, -0.15) is 0 Å². The molecule has 0 aliphatic carbocycles. The lowest BCUT2D eigenvalue weighted by Gasteiger charge is -2.08. The first-order chi connectivity index (χ1) is 7.99. The Balaban J connectivity index is 2.47. The number of ketones is 1. The molecule has 0 unspecified atom stereocenters. The second kappa shape index (κ2) is 6.45. The summed E-state index contributed by atoms with van der Waals surface area (Å²) in [6.45, 7) is 0.908. The van der Waals surface area contributed by atoms with E-state index in [0.717, 1.165) is 37.6 Å². The van der Waals surface area contributed by atoms with Crippen molar-refractivity contribution in [1.82, 2.24) is 4.90 Å². The van der Waals surface area contributed by atoms with Gasteiger partial charge in [0.1, 0.15) is 11.6 Å². The van der Waals surface area contributed by atoms with Crippen LogP contribution in [-0.4, -0.2) is 31.3 Å². The third-order valence-electron chi connectivity index (χ3n) is 2.44. The molecule has 17 heavy (non-hydrogen) atoms. The zero-order valence-electron chi connectivity index (χ0n) is 10.2. The minimum Gasteiger partial charge on any atom is -0.309 e. The van der Waals surface area contributed by atoms with E-state index in [1.807, 2.05) is 19.0 Å². The Hall–Kier alpha value is -1.29. The molecule has 0 atom stereocenters. The zero-order chi connectivity index (χ0) is 12.8. The normalized spacial score (nSPS) is 10.9. The van der Waals surface area contributed by atoms with Crippen LogP contribution in [0.3, 0.4) is 0 Å². The van der Waals surface area contributed by atoms with Gasteiger partial charge in [0.25, 0.3) is 0 Å². The van der Waals surface area contributed by atoms with Gasteiger partial charge in [0.2, 0.25) is 0 Å². The molecule has 0 heterocycles. The molecule has 94 valence electrons. The number of hydrogen-bond donors (Lipinski definition) is 0. The summed E-state index contributed by atoms with van der Waals surface area (Å²) >= 11 is 0. The molecule has 0 aliphatic rings. The van der Waals surface area contributed by atoms with Crippen LogP contribution in [0, 0.1) is 11.6 Å². The highest BCUT2D eigenvalue weighted by Gasteiger charge is 2.08. The molecule has 0 N–H and O–H groups in total. The smallest absolute Gasteiger partial charge is 0.163 e. The number of Topliss-reactive ketones (excluding diaryl/α,β-unsaturated/α-hetero) is 1. The fraction of sp³-hybridized carbons (Fsp3) is 0.462. The highest BCUT2D eigenvalue weighted by molar-refractivity contribution is 5.96. The highest BCUT2D eigenvalue weighted by Crippen LogP contribution is 2.11. The summed E-state index contributed by atoms with van der Waals surface area (Å²) in [6, 6.07) is 2.93. The van der Waals surface area contributed by atoms with Crippen molar-refractivity contribution in [2.45, 2.75) is 19.3 Å². The van der Waals surface area contributed by atoms with Crippen molar-refractivity contribution in [2.75, 3.05) is 20.6 Å². The van der Waals surface area contributed by atoms with E-state index in [1.165, 1.54) is 0 Å². The third kappa shape index (κ3) is 5.04. The number of rotatable bonds is 6. The molecule has 0 aliphatic heterocycles. The predicted molar refractivity (Wildman–Crippen MR) is 63.1 cm³/mol. The monoisotopic (exact) mass is 241 g/mol. The molecular weight excluding hydrogens is 224 g/mol. The summed E-state index contributed by atoms with van der Waals surface area (Å²) in [5, 5.41) is 0. The van der Waals surface area contributed by atoms with Crippen LogP contribution in [0.1, 0.15) is 29.6 Å². The minimum absolute atomic E-state index is 0.118. The number of benzene rings is 1. The molecule has 1 rings (SSSR count). The standard InChI is InChI=1S/C13H17F2NO/c1-16(2)6-4-3-5-13(17)10-7-11(14)9-12(15)8-10/h7-9H,3-6H2,1-2H3. The first-order valence-corrected chi connectivity index (χ1v) is 5.63. The molecule has 4 heteroatoms. The van der Waals surface area contributed by atoms with Crippen LogP contribution in [-0.2, 0) is 0 Å². The number of unbranched alkanes of at least 4 members (excludes halogenated alkanes) is 1. The summed E-state index contributed by atoms with van der Waals surface area (Å²) in [5.74, 6) is -1.62. The van der Waals surface area contributed by atoms with Gasteiger partial charge in [-0.3, -0.25) is 4.79 Å². The average Bonchev–Trinajstić information content (AvgIpc) is 2.22. The van der Waals surface area contributed by atoms with Crippen molar-refractivity contribution < 1.29 is 13.6 Å². The first-order valence-electron chi connectivity index (χ1n) is 5.63. The molecule has 0 saturated heterocycles. The lowest BCUT2D eigenvalue weighted by atomic mass is 10.1. The Bertz CT molecular complexity index is 371. The third-order valence-corrected chi connectivity index (χ3v) is 2.44. The quantitative estimate of drug-likeness (QED) is 0.564. The fourth-order valence-electron chi connectivity index (χ4n) is 1.57. The van der Waals surface area contributed by atoms with Crippen LogP contribution in [0.2, 0.25) is 0 Å². The van der Waals surface area contributed by atoms with E-state index in [4.69, 9.17) is 0 Å². The van der Waals surface area contributed by atoms with E-state index < -0.39 is 11.6 Å². The van der Waals surface area contributed by atoms with Crippen LogP contribution in [0.15, 0.2) is 18.2 Å². The molecule has 0 spiro atoms.